The van der Waals surface area contributed by atoms with Crippen LogP contribution in [-0.4, -0.2) is 25.4 Å². The van der Waals surface area contributed by atoms with E-state index in [0.717, 1.165) is 18.9 Å². The fraction of sp³-hybridized carbons (Fsp3) is 0.667. The van der Waals surface area contributed by atoms with Gasteiger partial charge in [-0.3, -0.25) is 0 Å². The molecule has 2 atom stereocenters. The minimum absolute atomic E-state index is 0.356. The van der Waals surface area contributed by atoms with Crippen LogP contribution in [0.15, 0.2) is 24.3 Å². The van der Waals surface area contributed by atoms with Gasteiger partial charge < -0.3 is 14.8 Å². The zero-order chi connectivity index (χ0) is 14.5. The Bertz CT molecular complexity index is 419. The molecule has 1 aromatic carbocycles. The second kappa shape index (κ2) is 7.28. The number of benzene rings is 1. The van der Waals surface area contributed by atoms with E-state index in [1.807, 2.05) is 0 Å². The van der Waals surface area contributed by atoms with Crippen LogP contribution in [-0.2, 0) is 4.74 Å². The lowest BCUT2D eigenvalue weighted by molar-refractivity contribution is 0.108. The molecule has 1 aliphatic carbocycles. The Balaban J connectivity index is 1.48. The Morgan fingerprint density at radius 1 is 1.14 bits per heavy atom. The van der Waals surface area contributed by atoms with Crippen LogP contribution in [0.3, 0.4) is 0 Å². The highest BCUT2D eigenvalue weighted by Gasteiger charge is 2.18. The lowest BCUT2D eigenvalue weighted by atomic mass is 10.1. The van der Waals surface area contributed by atoms with Crippen molar-refractivity contribution in [3.05, 3.63) is 29.8 Å². The van der Waals surface area contributed by atoms with Crippen LogP contribution >= 0.6 is 0 Å². The van der Waals surface area contributed by atoms with E-state index in [1.54, 1.807) is 0 Å². The van der Waals surface area contributed by atoms with Gasteiger partial charge in [-0.2, -0.15) is 0 Å². The average Bonchev–Trinajstić information content (AvgIpc) is 3.19. The van der Waals surface area contributed by atoms with Crippen molar-refractivity contribution in [2.75, 3.05) is 13.2 Å². The van der Waals surface area contributed by atoms with Crippen molar-refractivity contribution in [3.63, 3.8) is 0 Å². The number of hydrogen-bond donors (Lipinski definition) is 1. The summed E-state index contributed by atoms with van der Waals surface area (Å²) in [7, 11) is 0. The normalized spacial score (nSPS) is 24.3. The van der Waals surface area contributed by atoms with Crippen molar-refractivity contribution in [3.8, 4) is 5.75 Å². The van der Waals surface area contributed by atoms with Crippen molar-refractivity contribution in [2.45, 2.75) is 63.7 Å². The molecule has 1 saturated carbocycles. The summed E-state index contributed by atoms with van der Waals surface area (Å²) >= 11 is 0. The van der Waals surface area contributed by atoms with Gasteiger partial charge in [-0.05, 0) is 63.1 Å². The monoisotopic (exact) mass is 289 g/mol. The molecule has 3 rings (SSSR count). The summed E-state index contributed by atoms with van der Waals surface area (Å²) < 4.78 is 11.7. The molecule has 1 aromatic rings. The molecular weight excluding hydrogens is 262 g/mol. The molecule has 21 heavy (non-hydrogen) atoms. The molecule has 2 fully saturated rings. The fourth-order valence-electron chi connectivity index (χ4n) is 3.27. The zero-order valence-electron chi connectivity index (χ0n) is 13.0. The average molecular weight is 289 g/mol. The number of nitrogens with one attached hydrogen (secondary N) is 1. The van der Waals surface area contributed by atoms with Gasteiger partial charge in [0.2, 0.25) is 0 Å². The van der Waals surface area contributed by atoms with Crippen molar-refractivity contribution in [1.29, 1.82) is 0 Å². The van der Waals surface area contributed by atoms with Gasteiger partial charge in [0.25, 0.3) is 0 Å². The summed E-state index contributed by atoms with van der Waals surface area (Å²) in [5.74, 6) is 1.01. The lowest BCUT2D eigenvalue weighted by Crippen LogP contribution is -2.28. The van der Waals surface area contributed by atoms with Gasteiger partial charge in [0.15, 0.2) is 0 Å². The summed E-state index contributed by atoms with van der Waals surface area (Å²) in [5.41, 5.74) is 1.31. The van der Waals surface area contributed by atoms with Gasteiger partial charge >= 0.3 is 0 Å². The van der Waals surface area contributed by atoms with Crippen LogP contribution in [0.2, 0.25) is 0 Å². The molecule has 3 nitrogen and oxygen atoms in total. The summed E-state index contributed by atoms with van der Waals surface area (Å²) in [5, 5.41) is 3.57. The van der Waals surface area contributed by atoms with E-state index in [-0.39, 0.29) is 0 Å². The fourth-order valence-corrected chi connectivity index (χ4v) is 3.27. The third-order valence-corrected chi connectivity index (χ3v) is 4.66. The largest absolute Gasteiger partial charge is 0.490 e. The smallest absolute Gasteiger partial charge is 0.119 e. The highest BCUT2D eigenvalue weighted by molar-refractivity contribution is 5.29. The van der Waals surface area contributed by atoms with Gasteiger partial charge in [-0.1, -0.05) is 12.1 Å². The molecule has 1 saturated heterocycles. The van der Waals surface area contributed by atoms with Crippen molar-refractivity contribution in [2.24, 2.45) is 0 Å². The molecule has 0 amide bonds. The molecule has 0 radical (unpaired) electrons. The molecule has 0 bridgehead atoms. The molecule has 2 aliphatic rings. The molecule has 0 spiro atoms. The highest BCUT2D eigenvalue weighted by Crippen LogP contribution is 2.25. The summed E-state index contributed by atoms with van der Waals surface area (Å²) in [6.45, 7) is 4.08. The SMILES string of the molecule is C[C@H](NC[C@@H]1CCCO1)c1ccc(OC2CCCC2)cc1. The maximum Gasteiger partial charge on any atom is 0.119 e. The van der Waals surface area contributed by atoms with E-state index < -0.39 is 0 Å². The van der Waals surface area contributed by atoms with E-state index in [1.165, 1.54) is 44.1 Å². The third kappa shape index (κ3) is 4.21. The van der Waals surface area contributed by atoms with E-state index in [0.29, 0.717) is 18.2 Å². The van der Waals surface area contributed by atoms with Gasteiger partial charge in [-0.15, -0.1) is 0 Å². The molecular formula is C18H27NO2. The summed E-state index contributed by atoms with van der Waals surface area (Å²) in [6, 6.07) is 8.93. The summed E-state index contributed by atoms with van der Waals surface area (Å²) in [6.07, 6.45) is 8.27. The Morgan fingerprint density at radius 2 is 1.90 bits per heavy atom. The molecule has 1 N–H and O–H groups in total. The standard InChI is InChI=1S/C18H27NO2/c1-14(19-13-18-7-4-12-20-18)15-8-10-17(11-9-15)21-16-5-2-3-6-16/h8-11,14,16,18-19H,2-7,12-13H2,1H3/t14-,18-/m0/s1. The van der Waals surface area contributed by atoms with Crippen LogP contribution in [0, 0.1) is 0 Å². The van der Waals surface area contributed by atoms with Crippen LogP contribution in [0.5, 0.6) is 5.75 Å². The third-order valence-electron chi connectivity index (χ3n) is 4.66. The molecule has 1 aliphatic heterocycles. The second-order valence-corrected chi connectivity index (χ2v) is 6.36. The first-order valence-corrected chi connectivity index (χ1v) is 8.43. The van der Waals surface area contributed by atoms with Gasteiger partial charge in [0, 0.05) is 19.2 Å². The Kier molecular flexibility index (Phi) is 5.15. The molecule has 0 aromatic heterocycles. The van der Waals surface area contributed by atoms with Crippen LogP contribution in [0.1, 0.15) is 57.1 Å². The highest BCUT2D eigenvalue weighted by atomic mass is 16.5. The number of hydrogen-bond acceptors (Lipinski definition) is 3. The predicted octanol–water partition coefficient (Wildman–Crippen LogP) is 3.84. The van der Waals surface area contributed by atoms with E-state index in [2.05, 4.69) is 36.5 Å². The van der Waals surface area contributed by atoms with Crippen molar-refractivity contribution in [1.82, 2.24) is 5.32 Å². The minimum atomic E-state index is 0.356. The maximum absolute atomic E-state index is 6.01. The maximum atomic E-state index is 6.01. The molecule has 3 heteroatoms. The van der Waals surface area contributed by atoms with Gasteiger partial charge in [0.1, 0.15) is 5.75 Å². The van der Waals surface area contributed by atoms with Gasteiger partial charge in [0.05, 0.1) is 12.2 Å². The van der Waals surface area contributed by atoms with E-state index in [4.69, 9.17) is 9.47 Å². The first-order valence-electron chi connectivity index (χ1n) is 8.43. The number of ether oxygens (including phenoxy) is 2. The quantitative estimate of drug-likeness (QED) is 0.863. The molecule has 1 heterocycles. The number of rotatable bonds is 6. The predicted molar refractivity (Wildman–Crippen MR) is 84.7 cm³/mol. The molecule has 116 valence electrons. The summed E-state index contributed by atoms with van der Waals surface area (Å²) in [4.78, 5) is 0. The van der Waals surface area contributed by atoms with Gasteiger partial charge in [-0.25, -0.2) is 0 Å². The zero-order valence-corrected chi connectivity index (χ0v) is 13.0. The Morgan fingerprint density at radius 3 is 2.57 bits per heavy atom. The van der Waals surface area contributed by atoms with Crippen LogP contribution in [0.25, 0.3) is 0 Å². The first kappa shape index (κ1) is 14.9. The Hall–Kier alpha value is -1.06. The second-order valence-electron chi connectivity index (χ2n) is 6.36. The van der Waals surface area contributed by atoms with E-state index in [9.17, 15) is 0 Å². The van der Waals surface area contributed by atoms with Crippen LogP contribution in [0.4, 0.5) is 0 Å². The lowest BCUT2D eigenvalue weighted by Gasteiger charge is -2.18. The van der Waals surface area contributed by atoms with Crippen molar-refractivity contribution < 1.29 is 9.47 Å². The minimum Gasteiger partial charge on any atom is -0.490 e. The van der Waals surface area contributed by atoms with Crippen LogP contribution < -0.4 is 10.1 Å². The Labute approximate surface area is 128 Å². The van der Waals surface area contributed by atoms with E-state index >= 15 is 0 Å². The molecule has 0 unspecified atom stereocenters. The topological polar surface area (TPSA) is 30.5 Å². The van der Waals surface area contributed by atoms with Crippen molar-refractivity contribution >= 4 is 0 Å². The first-order chi connectivity index (χ1) is 10.3.